The van der Waals surface area contributed by atoms with E-state index in [1.807, 2.05) is 18.2 Å². The van der Waals surface area contributed by atoms with Gasteiger partial charge in [-0.05, 0) is 12.0 Å². The quantitative estimate of drug-likeness (QED) is 0.660. The summed E-state index contributed by atoms with van der Waals surface area (Å²) in [5.41, 5.74) is 1.22. The van der Waals surface area contributed by atoms with Crippen molar-refractivity contribution in [3.8, 4) is 0 Å². The molecular weight excluding hydrogens is 204 g/mol. The highest BCUT2D eigenvalue weighted by molar-refractivity contribution is 5.13. The monoisotopic (exact) mass is 222 g/mol. The maximum absolute atomic E-state index is 5.54. The number of benzene rings is 1. The fourth-order valence-corrected chi connectivity index (χ4v) is 1.49. The van der Waals surface area contributed by atoms with E-state index in [1.165, 1.54) is 5.56 Å². The van der Waals surface area contributed by atoms with Gasteiger partial charge in [-0.2, -0.15) is 0 Å². The molecule has 0 bridgehead atoms. The molecule has 1 heterocycles. The number of hydrogen-bond donors (Lipinski definition) is 0. The first-order chi connectivity index (χ1) is 7.95. The molecule has 1 saturated heterocycles. The van der Waals surface area contributed by atoms with Crippen molar-refractivity contribution < 1.29 is 14.2 Å². The molecular formula is C13H18O3. The lowest BCUT2D eigenvalue weighted by Gasteiger charge is -2.25. The first-order valence-electron chi connectivity index (χ1n) is 5.76. The van der Waals surface area contributed by atoms with Crippen molar-refractivity contribution in [2.24, 2.45) is 0 Å². The summed E-state index contributed by atoms with van der Waals surface area (Å²) in [6, 6.07) is 10.2. The highest BCUT2D eigenvalue weighted by Crippen LogP contribution is 2.06. The van der Waals surface area contributed by atoms with E-state index >= 15 is 0 Å². The standard InChI is InChI=1S/C13H18O3/c1-2-5-12(6-3-1)9-14-7-4-8-16-13-10-15-11-13/h1-3,5-6,13H,4,7-11H2. The summed E-state index contributed by atoms with van der Waals surface area (Å²) in [6.45, 7) is 3.72. The molecule has 1 aliphatic rings. The first-order valence-corrected chi connectivity index (χ1v) is 5.76. The molecule has 1 aromatic rings. The fourth-order valence-electron chi connectivity index (χ4n) is 1.49. The van der Waals surface area contributed by atoms with E-state index in [1.54, 1.807) is 0 Å². The summed E-state index contributed by atoms with van der Waals surface area (Å²) in [4.78, 5) is 0. The van der Waals surface area contributed by atoms with Crippen LogP contribution in [0.2, 0.25) is 0 Å². The maximum atomic E-state index is 5.54. The van der Waals surface area contributed by atoms with E-state index in [4.69, 9.17) is 14.2 Å². The van der Waals surface area contributed by atoms with Crippen LogP contribution in [0.15, 0.2) is 30.3 Å². The van der Waals surface area contributed by atoms with E-state index in [-0.39, 0.29) is 0 Å². The van der Waals surface area contributed by atoms with Crippen LogP contribution in [0.1, 0.15) is 12.0 Å². The van der Waals surface area contributed by atoms with Crippen molar-refractivity contribution >= 4 is 0 Å². The van der Waals surface area contributed by atoms with Gasteiger partial charge in [0.15, 0.2) is 0 Å². The van der Waals surface area contributed by atoms with Crippen LogP contribution in [0.5, 0.6) is 0 Å². The smallest absolute Gasteiger partial charge is 0.104 e. The molecule has 0 amide bonds. The van der Waals surface area contributed by atoms with Crippen LogP contribution < -0.4 is 0 Å². The molecule has 0 unspecified atom stereocenters. The van der Waals surface area contributed by atoms with Gasteiger partial charge in [0.05, 0.1) is 19.8 Å². The molecule has 2 rings (SSSR count). The van der Waals surface area contributed by atoms with Gasteiger partial charge < -0.3 is 14.2 Å². The van der Waals surface area contributed by atoms with Crippen molar-refractivity contribution in [3.05, 3.63) is 35.9 Å². The second kappa shape index (κ2) is 6.63. The summed E-state index contributed by atoms with van der Waals surface area (Å²) in [5, 5.41) is 0. The Labute approximate surface area is 96.3 Å². The third-order valence-electron chi connectivity index (χ3n) is 2.51. The zero-order valence-corrected chi connectivity index (χ0v) is 9.43. The van der Waals surface area contributed by atoms with Gasteiger partial charge in [0.1, 0.15) is 6.10 Å². The predicted molar refractivity (Wildman–Crippen MR) is 61.3 cm³/mol. The summed E-state index contributed by atoms with van der Waals surface area (Å²) in [5.74, 6) is 0. The van der Waals surface area contributed by atoms with E-state index in [0.29, 0.717) is 12.7 Å². The Morgan fingerprint density at radius 1 is 1.12 bits per heavy atom. The predicted octanol–water partition coefficient (Wildman–Crippen LogP) is 2.01. The molecule has 16 heavy (non-hydrogen) atoms. The molecule has 0 saturated carbocycles. The van der Waals surface area contributed by atoms with Crippen LogP contribution in [0.4, 0.5) is 0 Å². The van der Waals surface area contributed by atoms with Crippen molar-refractivity contribution in [1.29, 1.82) is 0 Å². The molecule has 1 aromatic carbocycles. The Kier molecular flexibility index (Phi) is 4.80. The van der Waals surface area contributed by atoms with Gasteiger partial charge in [-0.1, -0.05) is 30.3 Å². The first kappa shape index (κ1) is 11.6. The van der Waals surface area contributed by atoms with Gasteiger partial charge in [-0.15, -0.1) is 0 Å². The largest absolute Gasteiger partial charge is 0.377 e. The summed E-state index contributed by atoms with van der Waals surface area (Å²) >= 11 is 0. The van der Waals surface area contributed by atoms with Crippen molar-refractivity contribution in [2.75, 3.05) is 26.4 Å². The highest BCUT2D eigenvalue weighted by atomic mass is 16.6. The van der Waals surface area contributed by atoms with Crippen molar-refractivity contribution in [1.82, 2.24) is 0 Å². The van der Waals surface area contributed by atoms with Crippen LogP contribution in [0.25, 0.3) is 0 Å². The second-order valence-electron chi connectivity index (χ2n) is 3.92. The summed E-state index contributed by atoms with van der Waals surface area (Å²) in [7, 11) is 0. The zero-order chi connectivity index (χ0) is 11.1. The molecule has 0 spiro atoms. The van der Waals surface area contributed by atoms with Crippen molar-refractivity contribution in [3.63, 3.8) is 0 Å². The van der Waals surface area contributed by atoms with Gasteiger partial charge in [0.2, 0.25) is 0 Å². The fraction of sp³-hybridized carbons (Fsp3) is 0.538. The Morgan fingerprint density at radius 3 is 2.62 bits per heavy atom. The average Bonchev–Trinajstić information content (AvgIpc) is 2.27. The molecule has 88 valence electrons. The molecule has 0 aromatic heterocycles. The summed E-state index contributed by atoms with van der Waals surface area (Å²) < 4.78 is 16.1. The van der Waals surface area contributed by atoms with Gasteiger partial charge in [0.25, 0.3) is 0 Å². The normalized spacial score (nSPS) is 16.0. The number of rotatable bonds is 7. The molecule has 3 heteroatoms. The average molecular weight is 222 g/mol. The lowest BCUT2D eigenvalue weighted by molar-refractivity contribution is -0.131. The van der Waals surface area contributed by atoms with Crippen LogP contribution in [-0.4, -0.2) is 32.5 Å². The van der Waals surface area contributed by atoms with Gasteiger partial charge in [0, 0.05) is 13.2 Å². The molecule has 1 fully saturated rings. The molecule has 1 aliphatic heterocycles. The van der Waals surface area contributed by atoms with Crippen LogP contribution in [0, 0.1) is 0 Å². The Hall–Kier alpha value is -0.900. The Balaban J connectivity index is 1.45. The van der Waals surface area contributed by atoms with Crippen LogP contribution in [0.3, 0.4) is 0 Å². The van der Waals surface area contributed by atoms with Gasteiger partial charge in [-0.25, -0.2) is 0 Å². The highest BCUT2D eigenvalue weighted by Gasteiger charge is 2.17. The zero-order valence-electron chi connectivity index (χ0n) is 9.43. The molecule has 3 nitrogen and oxygen atoms in total. The SMILES string of the molecule is c1ccc(COCCCOC2COC2)cc1. The topological polar surface area (TPSA) is 27.7 Å². The minimum absolute atomic E-state index is 0.328. The second-order valence-corrected chi connectivity index (χ2v) is 3.92. The van der Waals surface area contributed by atoms with Crippen LogP contribution >= 0.6 is 0 Å². The van der Waals surface area contributed by atoms with Gasteiger partial charge in [-0.3, -0.25) is 0 Å². The maximum Gasteiger partial charge on any atom is 0.104 e. The number of ether oxygens (including phenoxy) is 3. The Bertz CT molecular complexity index is 282. The minimum Gasteiger partial charge on any atom is -0.377 e. The molecule has 0 aliphatic carbocycles. The minimum atomic E-state index is 0.328. The lowest BCUT2D eigenvalue weighted by Crippen LogP contribution is -2.36. The van der Waals surface area contributed by atoms with E-state index in [9.17, 15) is 0 Å². The third-order valence-corrected chi connectivity index (χ3v) is 2.51. The Morgan fingerprint density at radius 2 is 1.94 bits per heavy atom. The van der Waals surface area contributed by atoms with E-state index < -0.39 is 0 Å². The lowest BCUT2D eigenvalue weighted by atomic mass is 10.2. The number of hydrogen-bond acceptors (Lipinski definition) is 3. The third kappa shape index (κ3) is 3.93. The molecule has 0 radical (unpaired) electrons. The van der Waals surface area contributed by atoms with Gasteiger partial charge >= 0.3 is 0 Å². The molecule has 0 N–H and O–H groups in total. The van der Waals surface area contributed by atoms with E-state index in [2.05, 4.69) is 12.1 Å². The molecule has 0 atom stereocenters. The van der Waals surface area contributed by atoms with Crippen LogP contribution in [-0.2, 0) is 20.8 Å². The van der Waals surface area contributed by atoms with Crippen molar-refractivity contribution in [2.45, 2.75) is 19.1 Å². The van der Waals surface area contributed by atoms with E-state index in [0.717, 1.165) is 32.8 Å². The summed E-state index contributed by atoms with van der Waals surface area (Å²) in [6.07, 6.45) is 1.28.